The Bertz CT molecular complexity index is 363. The second kappa shape index (κ2) is 7.68. The zero-order valence-electron chi connectivity index (χ0n) is 11.2. The zero-order chi connectivity index (χ0) is 13.4. The molecule has 0 saturated heterocycles. The number of unbranched alkanes of at least 4 members (excludes halogenated alkanes) is 3. The second-order valence-electron chi connectivity index (χ2n) is 4.62. The molecular weight excluding hydrogens is 230 g/mol. The van der Waals surface area contributed by atoms with Gasteiger partial charge in [-0.15, -0.1) is 5.10 Å². The summed E-state index contributed by atoms with van der Waals surface area (Å²) in [6.45, 7) is 4.39. The molecule has 0 aliphatic carbocycles. The minimum atomic E-state index is -0.0529. The van der Waals surface area contributed by atoms with Gasteiger partial charge in [0.05, 0.1) is 0 Å². The van der Waals surface area contributed by atoms with E-state index in [1.807, 2.05) is 6.92 Å². The van der Waals surface area contributed by atoms with Crippen molar-refractivity contribution in [3.63, 3.8) is 0 Å². The molecule has 0 aliphatic heterocycles. The number of carbonyl (C=O) groups is 1. The summed E-state index contributed by atoms with van der Waals surface area (Å²) in [5, 5.41) is 6.81. The van der Waals surface area contributed by atoms with Gasteiger partial charge in [0.1, 0.15) is 12.9 Å². The maximum Gasteiger partial charge on any atom is 0.242 e. The number of nitrogens with two attached hydrogens (primary N) is 1. The molecule has 0 saturated carbocycles. The van der Waals surface area contributed by atoms with E-state index in [9.17, 15) is 4.79 Å². The quantitative estimate of drug-likeness (QED) is 0.684. The van der Waals surface area contributed by atoms with Gasteiger partial charge in [0.15, 0.2) is 0 Å². The Morgan fingerprint density at radius 1 is 1.50 bits per heavy atom. The predicted molar refractivity (Wildman–Crippen MR) is 70.8 cm³/mol. The van der Waals surface area contributed by atoms with Gasteiger partial charge in [-0.25, -0.2) is 9.67 Å². The Morgan fingerprint density at radius 3 is 2.89 bits per heavy atom. The van der Waals surface area contributed by atoms with Crippen molar-refractivity contribution >= 4 is 11.9 Å². The number of nitrogens with one attached hydrogen (secondary N) is 1. The molecule has 0 spiro atoms. The van der Waals surface area contributed by atoms with Crippen molar-refractivity contribution in [3.8, 4) is 0 Å². The Hall–Kier alpha value is -1.59. The van der Waals surface area contributed by atoms with Crippen LogP contribution < -0.4 is 11.1 Å². The third kappa shape index (κ3) is 5.65. The number of nitrogens with zero attached hydrogens (tertiary/aromatic N) is 3. The molecule has 6 nitrogen and oxygen atoms in total. The fraction of sp³-hybridized carbons (Fsp3) is 0.750. The summed E-state index contributed by atoms with van der Waals surface area (Å²) in [7, 11) is 0. The summed E-state index contributed by atoms with van der Waals surface area (Å²) in [6, 6.07) is 0.204. The number of hydrogen-bond donors (Lipinski definition) is 2. The summed E-state index contributed by atoms with van der Waals surface area (Å²) in [4.78, 5) is 15.4. The van der Waals surface area contributed by atoms with E-state index in [1.165, 1.54) is 30.3 Å². The first-order valence-corrected chi connectivity index (χ1v) is 6.56. The van der Waals surface area contributed by atoms with E-state index in [2.05, 4.69) is 22.3 Å². The number of carbonyl (C=O) groups excluding carboxylic acids is 1. The van der Waals surface area contributed by atoms with E-state index in [0.717, 1.165) is 12.8 Å². The number of aromatic nitrogens is 3. The van der Waals surface area contributed by atoms with E-state index in [-0.39, 0.29) is 24.4 Å². The SMILES string of the molecule is CCCCCCC(C)NC(=O)Cn1cnc(N)n1. The van der Waals surface area contributed by atoms with Crippen molar-refractivity contribution < 1.29 is 4.79 Å². The highest BCUT2D eigenvalue weighted by Gasteiger charge is 2.08. The van der Waals surface area contributed by atoms with Crippen molar-refractivity contribution in [2.24, 2.45) is 0 Å². The molecule has 0 radical (unpaired) electrons. The Labute approximate surface area is 108 Å². The number of hydrogen-bond acceptors (Lipinski definition) is 4. The molecule has 0 bridgehead atoms. The van der Waals surface area contributed by atoms with Crippen LogP contribution in [0.3, 0.4) is 0 Å². The lowest BCUT2D eigenvalue weighted by atomic mass is 10.1. The Kier molecular flexibility index (Phi) is 6.18. The van der Waals surface area contributed by atoms with Gasteiger partial charge in [-0.1, -0.05) is 32.6 Å². The van der Waals surface area contributed by atoms with Gasteiger partial charge >= 0.3 is 0 Å². The van der Waals surface area contributed by atoms with E-state index in [0.29, 0.717) is 0 Å². The first kappa shape index (κ1) is 14.5. The van der Waals surface area contributed by atoms with Gasteiger partial charge in [-0.3, -0.25) is 4.79 Å². The molecule has 1 atom stereocenters. The molecule has 1 heterocycles. The second-order valence-corrected chi connectivity index (χ2v) is 4.62. The van der Waals surface area contributed by atoms with Crippen LogP contribution in [0.5, 0.6) is 0 Å². The van der Waals surface area contributed by atoms with Gasteiger partial charge in [0, 0.05) is 6.04 Å². The highest BCUT2D eigenvalue weighted by atomic mass is 16.2. The predicted octanol–water partition coefficient (Wildman–Crippen LogP) is 1.34. The molecule has 0 aromatic carbocycles. The first-order valence-electron chi connectivity index (χ1n) is 6.56. The van der Waals surface area contributed by atoms with Crippen LogP contribution in [-0.4, -0.2) is 26.7 Å². The van der Waals surface area contributed by atoms with Gasteiger partial charge in [-0.05, 0) is 13.3 Å². The average molecular weight is 253 g/mol. The molecule has 0 fully saturated rings. The van der Waals surface area contributed by atoms with Crippen molar-refractivity contribution in [1.29, 1.82) is 0 Å². The fourth-order valence-corrected chi connectivity index (χ4v) is 1.80. The largest absolute Gasteiger partial charge is 0.367 e. The number of amides is 1. The lowest BCUT2D eigenvalue weighted by Gasteiger charge is -2.13. The third-order valence-electron chi connectivity index (χ3n) is 2.76. The van der Waals surface area contributed by atoms with Crippen LogP contribution in [0.2, 0.25) is 0 Å². The fourth-order valence-electron chi connectivity index (χ4n) is 1.80. The van der Waals surface area contributed by atoms with Crippen molar-refractivity contribution in [2.45, 2.75) is 58.5 Å². The van der Waals surface area contributed by atoms with Crippen molar-refractivity contribution in [1.82, 2.24) is 20.1 Å². The molecule has 3 N–H and O–H groups in total. The Balaban J connectivity index is 2.19. The summed E-state index contributed by atoms with van der Waals surface area (Å²) >= 11 is 0. The average Bonchev–Trinajstić information content (AvgIpc) is 2.70. The minimum Gasteiger partial charge on any atom is -0.367 e. The molecule has 6 heteroatoms. The number of nitrogen functional groups attached to an aromatic ring is 1. The van der Waals surface area contributed by atoms with Crippen LogP contribution in [0.15, 0.2) is 6.33 Å². The first-order chi connectivity index (χ1) is 8.61. The molecule has 102 valence electrons. The maximum atomic E-state index is 11.7. The smallest absolute Gasteiger partial charge is 0.242 e. The van der Waals surface area contributed by atoms with E-state index < -0.39 is 0 Å². The molecular formula is C12H23N5O. The highest BCUT2D eigenvalue weighted by Crippen LogP contribution is 2.05. The van der Waals surface area contributed by atoms with Crippen LogP contribution in [0.25, 0.3) is 0 Å². The van der Waals surface area contributed by atoms with E-state index in [4.69, 9.17) is 5.73 Å². The molecule has 1 rings (SSSR count). The van der Waals surface area contributed by atoms with E-state index >= 15 is 0 Å². The summed E-state index contributed by atoms with van der Waals surface area (Å²) in [5.41, 5.74) is 5.37. The number of anilines is 1. The molecule has 18 heavy (non-hydrogen) atoms. The van der Waals surface area contributed by atoms with Crippen LogP contribution in [0, 0.1) is 0 Å². The highest BCUT2D eigenvalue weighted by molar-refractivity contribution is 5.75. The molecule has 1 aromatic heterocycles. The van der Waals surface area contributed by atoms with Gasteiger partial charge in [0.2, 0.25) is 11.9 Å². The Morgan fingerprint density at radius 2 is 2.28 bits per heavy atom. The van der Waals surface area contributed by atoms with Crippen LogP contribution in [-0.2, 0) is 11.3 Å². The van der Waals surface area contributed by atoms with Crippen LogP contribution in [0.1, 0.15) is 46.0 Å². The molecule has 1 unspecified atom stereocenters. The molecule has 0 aliphatic rings. The van der Waals surface area contributed by atoms with E-state index in [1.54, 1.807) is 0 Å². The summed E-state index contributed by atoms with van der Waals surface area (Å²) < 4.78 is 1.44. The summed E-state index contributed by atoms with van der Waals surface area (Å²) in [6.07, 6.45) is 7.36. The topological polar surface area (TPSA) is 85.8 Å². The third-order valence-corrected chi connectivity index (χ3v) is 2.76. The van der Waals surface area contributed by atoms with Gasteiger partial charge in [0.25, 0.3) is 0 Å². The number of rotatable bonds is 8. The van der Waals surface area contributed by atoms with Gasteiger partial charge in [-0.2, -0.15) is 0 Å². The minimum absolute atomic E-state index is 0.0529. The van der Waals surface area contributed by atoms with Crippen LogP contribution in [0.4, 0.5) is 5.95 Å². The monoisotopic (exact) mass is 253 g/mol. The molecule has 1 aromatic rings. The summed E-state index contributed by atoms with van der Waals surface area (Å²) in [5.74, 6) is 0.137. The normalized spacial score (nSPS) is 12.3. The van der Waals surface area contributed by atoms with Gasteiger partial charge < -0.3 is 11.1 Å². The van der Waals surface area contributed by atoms with Crippen molar-refractivity contribution in [2.75, 3.05) is 5.73 Å². The zero-order valence-corrected chi connectivity index (χ0v) is 11.2. The molecule has 1 amide bonds. The van der Waals surface area contributed by atoms with Crippen molar-refractivity contribution in [3.05, 3.63) is 6.33 Å². The lowest BCUT2D eigenvalue weighted by Crippen LogP contribution is -2.35. The van der Waals surface area contributed by atoms with Crippen LogP contribution >= 0.6 is 0 Å². The lowest BCUT2D eigenvalue weighted by molar-refractivity contribution is -0.122. The standard InChI is InChI=1S/C12H23N5O/c1-3-4-5-6-7-10(2)15-11(18)8-17-9-14-12(13)16-17/h9-10H,3-8H2,1-2H3,(H2,13,16)(H,15,18). The maximum absolute atomic E-state index is 11.7.